The first-order valence-electron chi connectivity index (χ1n) is 7.36. The van der Waals surface area contributed by atoms with Gasteiger partial charge in [0.25, 0.3) is 0 Å². The van der Waals surface area contributed by atoms with Crippen molar-refractivity contribution in [3.63, 3.8) is 0 Å². The molecule has 114 valence electrons. The lowest BCUT2D eigenvalue weighted by atomic mass is 9.94. The number of aryl methyl sites for hydroxylation is 2. The number of nitrogens with one attached hydrogen (secondary N) is 1. The van der Waals surface area contributed by atoms with Crippen molar-refractivity contribution < 1.29 is 4.74 Å². The lowest BCUT2D eigenvalue weighted by Crippen LogP contribution is -2.26. The third-order valence-electron chi connectivity index (χ3n) is 3.54. The number of hydrogen-bond donors (Lipinski definition) is 1. The standard InChI is InChI=1S/C17H24N2OS/c1-13-4-6-15(7-5-13)16(11-18-8-9-20-3)10-17-12-19-14(2)21-17/h4-7,12,16,18H,8-11H2,1-3H3. The number of nitrogens with zero attached hydrogens (tertiary/aromatic N) is 1. The van der Waals surface area contributed by atoms with Gasteiger partial charge in [0.15, 0.2) is 0 Å². The van der Waals surface area contributed by atoms with Gasteiger partial charge in [-0.05, 0) is 25.8 Å². The summed E-state index contributed by atoms with van der Waals surface area (Å²) in [6, 6.07) is 8.86. The van der Waals surface area contributed by atoms with Gasteiger partial charge in [0.2, 0.25) is 0 Å². The molecule has 1 atom stereocenters. The van der Waals surface area contributed by atoms with Crippen molar-refractivity contribution in [2.24, 2.45) is 0 Å². The topological polar surface area (TPSA) is 34.1 Å². The summed E-state index contributed by atoms with van der Waals surface area (Å²) in [6.07, 6.45) is 3.05. The first kappa shape index (κ1) is 16.1. The van der Waals surface area contributed by atoms with E-state index in [9.17, 15) is 0 Å². The molecule has 1 aromatic heterocycles. The molecule has 0 bridgehead atoms. The second-order valence-electron chi connectivity index (χ2n) is 5.35. The van der Waals surface area contributed by atoms with E-state index in [-0.39, 0.29) is 0 Å². The Bertz CT molecular complexity index is 536. The van der Waals surface area contributed by atoms with Gasteiger partial charge >= 0.3 is 0 Å². The van der Waals surface area contributed by atoms with Crippen LogP contribution in [0.5, 0.6) is 0 Å². The highest BCUT2D eigenvalue weighted by Gasteiger charge is 2.13. The molecule has 1 aromatic carbocycles. The van der Waals surface area contributed by atoms with Crippen LogP contribution in [-0.4, -0.2) is 31.8 Å². The first-order valence-corrected chi connectivity index (χ1v) is 8.18. The molecule has 0 aliphatic carbocycles. The lowest BCUT2D eigenvalue weighted by Gasteiger charge is -2.17. The van der Waals surface area contributed by atoms with E-state index in [1.54, 1.807) is 18.4 Å². The van der Waals surface area contributed by atoms with Gasteiger partial charge in [0.05, 0.1) is 11.6 Å². The largest absolute Gasteiger partial charge is 0.383 e. The Hall–Kier alpha value is -1.23. The molecule has 2 aromatic rings. The SMILES string of the molecule is COCCNCC(Cc1cnc(C)s1)c1ccc(C)cc1. The highest BCUT2D eigenvalue weighted by Crippen LogP contribution is 2.24. The summed E-state index contributed by atoms with van der Waals surface area (Å²) >= 11 is 1.79. The van der Waals surface area contributed by atoms with Crippen LogP contribution < -0.4 is 5.32 Å². The molecule has 0 radical (unpaired) electrons. The molecule has 0 saturated carbocycles. The van der Waals surface area contributed by atoms with Gasteiger partial charge in [-0.25, -0.2) is 4.98 Å². The van der Waals surface area contributed by atoms with Crippen molar-refractivity contribution in [1.29, 1.82) is 0 Å². The summed E-state index contributed by atoms with van der Waals surface area (Å²) < 4.78 is 5.10. The van der Waals surface area contributed by atoms with Crippen LogP contribution in [0.4, 0.5) is 0 Å². The predicted octanol–water partition coefficient (Wildman–Crippen LogP) is 3.32. The monoisotopic (exact) mass is 304 g/mol. The Kier molecular flexibility index (Phi) is 6.36. The molecule has 1 N–H and O–H groups in total. The zero-order valence-electron chi connectivity index (χ0n) is 13.1. The Morgan fingerprint density at radius 3 is 2.62 bits per heavy atom. The van der Waals surface area contributed by atoms with Crippen LogP contribution in [0.15, 0.2) is 30.5 Å². The van der Waals surface area contributed by atoms with Crippen LogP contribution in [0.2, 0.25) is 0 Å². The molecule has 0 amide bonds. The minimum absolute atomic E-state index is 0.474. The minimum Gasteiger partial charge on any atom is -0.383 e. The number of benzene rings is 1. The summed E-state index contributed by atoms with van der Waals surface area (Å²) in [5.74, 6) is 0.474. The van der Waals surface area contributed by atoms with E-state index in [1.807, 2.05) is 6.20 Å². The van der Waals surface area contributed by atoms with Crippen molar-refractivity contribution >= 4 is 11.3 Å². The van der Waals surface area contributed by atoms with Crippen molar-refractivity contribution in [3.05, 3.63) is 51.5 Å². The van der Waals surface area contributed by atoms with E-state index in [0.29, 0.717) is 5.92 Å². The fourth-order valence-electron chi connectivity index (χ4n) is 2.34. The smallest absolute Gasteiger partial charge is 0.0896 e. The first-order chi connectivity index (χ1) is 10.2. The summed E-state index contributed by atoms with van der Waals surface area (Å²) in [6.45, 7) is 6.79. The van der Waals surface area contributed by atoms with Gasteiger partial charge in [0.1, 0.15) is 0 Å². The van der Waals surface area contributed by atoms with Gasteiger partial charge in [-0.15, -0.1) is 11.3 Å². The zero-order valence-corrected chi connectivity index (χ0v) is 13.9. The molecular weight excluding hydrogens is 280 g/mol. The number of rotatable bonds is 8. The average Bonchev–Trinajstić information content (AvgIpc) is 2.88. The van der Waals surface area contributed by atoms with Crippen LogP contribution >= 0.6 is 11.3 Å². The maximum absolute atomic E-state index is 5.10. The quantitative estimate of drug-likeness (QED) is 0.760. The minimum atomic E-state index is 0.474. The van der Waals surface area contributed by atoms with Gasteiger partial charge in [-0.1, -0.05) is 29.8 Å². The van der Waals surface area contributed by atoms with Crippen molar-refractivity contribution in [1.82, 2.24) is 10.3 Å². The molecular formula is C17H24N2OS. The molecule has 21 heavy (non-hydrogen) atoms. The fraction of sp³-hybridized carbons (Fsp3) is 0.471. The van der Waals surface area contributed by atoms with Crippen molar-refractivity contribution in [2.75, 3.05) is 26.8 Å². The van der Waals surface area contributed by atoms with Crippen LogP contribution in [0.3, 0.4) is 0 Å². The van der Waals surface area contributed by atoms with Crippen LogP contribution in [0.1, 0.15) is 26.9 Å². The third kappa shape index (κ3) is 5.23. The molecule has 1 unspecified atom stereocenters. The molecule has 0 fully saturated rings. The van der Waals surface area contributed by atoms with E-state index in [2.05, 4.69) is 48.4 Å². The fourth-order valence-corrected chi connectivity index (χ4v) is 3.21. The number of ether oxygens (including phenoxy) is 1. The predicted molar refractivity (Wildman–Crippen MR) is 89.2 cm³/mol. The normalized spacial score (nSPS) is 12.5. The average molecular weight is 304 g/mol. The number of aromatic nitrogens is 1. The summed E-state index contributed by atoms with van der Waals surface area (Å²) in [5, 5.41) is 4.62. The molecule has 3 nitrogen and oxygen atoms in total. The van der Waals surface area contributed by atoms with Gasteiger partial charge in [-0.2, -0.15) is 0 Å². The second kappa shape index (κ2) is 8.27. The summed E-state index contributed by atoms with van der Waals surface area (Å²) in [5.41, 5.74) is 2.69. The Labute approximate surface area is 131 Å². The van der Waals surface area contributed by atoms with E-state index in [1.165, 1.54) is 16.0 Å². The number of hydrogen-bond acceptors (Lipinski definition) is 4. The van der Waals surface area contributed by atoms with Gasteiger partial charge in [0, 0.05) is 37.2 Å². The van der Waals surface area contributed by atoms with E-state index >= 15 is 0 Å². The van der Waals surface area contributed by atoms with Gasteiger partial charge < -0.3 is 10.1 Å². The Balaban J connectivity index is 2.04. The van der Waals surface area contributed by atoms with Crippen LogP contribution in [0, 0.1) is 13.8 Å². The van der Waals surface area contributed by atoms with E-state index in [4.69, 9.17) is 4.74 Å². The summed E-state index contributed by atoms with van der Waals surface area (Å²) in [4.78, 5) is 5.72. The van der Waals surface area contributed by atoms with Crippen molar-refractivity contribution in [2.45, 2.75) is 26.2 Å². The van der Waals surface area contributed by atoms with Gasteiger partial charge in [-0.3, -0.25) is 0 Å². The molecule has 2 rings (SSSR count). The molecule has 0 spiro atoms. The van der Waals surface area contributed by atoms with E-state index in [0.717, 1.165) is 31.1 Å². The maximum atomic E-state index is 5.10. The maximum Gasteiger partial charge on any atom is 0.0896 e. The third-order valence-corrected chi connectivity index (χ3v) is 4.47. The lowest BCUT2D eigenvalue weighted by molar-refractivity contribution is 0.199. The van der Waals surface area contributed by atoms with Crippen LogP contribution in [0.25, 0.3) is 0 Å². The molecule has 4 heteroatoms. The molecule has 1 heterocycles. The second-order valence-corrected chi connectivity index (χ2v) is 6.67. The zero-order chi connectivity index (χ0) is 15.1. The summed E-state index contributed by atoms with van der Waals surface area (Å²) in [7, 11) is 1.74. The highest BCUT2D eigenvalue weighted by atomic mass is 32.1. The Morgan fingerprint density at radius 1 is 1.24 bits per heavy atom. The number of thiazole rings is 1. The highest BCUT2D eigenvalue weighted by molar-refractivity contribution is 7.11. The van der Waals surface area contributed by atoms with E-state index < -0.39 is 0 Å². The van der Waals surface area contributed by atoms with Crippen molar-refractivity contribution in [3.8, 4) is 0 Å². The molecule has 0 aliphatic heterocycles. The molecule has 0 saturated heterocycles. The number of methoxy groups -OCH3 is 1. The van der Waals surface area contributed by atoms with Crippen LogP contribution in [-0.2, 0) is 11.2 Å². The Morgan fingerprint density at radius 2 is 2.00 bits per heavy atom. The molecule has 0 aliphatic rings.